The number of rotatable bonds is 4. The van der Waals surface area contributed by atoms with E-state index in [2.05, 4.69) is 40.0 Å². The van der Waals surface area contributed by atoms with E-state index in [0.29, 0.717) is 6.04 Å². The highest BCUT2D eigenvalue weighted by Crippen LogP contribution is 2.13. The maximum absolute atomic E-state index is 4.61. The van der Waals surface area contributed by atoms with Crippen LogP contribution in [0.3, 0.4) is 0 Å². The van der Waals surface area contributed by atoms with Crippen LogP contribution in [0.5, 0.6) is 0 Å². The first-order valence-corrected chi connectivity index (χ1v) is 7.58. The molecule has 1 unspecified atom stereocenters. The van der Waals surface area contributed by atoms with Gasteiger partial charge in [0.15, 0.2) is 5.17 Å². The molecule has 1 fully saturated rings. The number of nitrogens with one attached hydrogen (secondary N) is 1. The van der Waals surface area contributed by atoms with Gasteiger partial charge in [0.1, 0.15) is 0 Å². The molecule has 4 nitrogen and oxygen atoms in total. The average molecular weight is 266 g/mol. The molecule has 5 heteroatoms. The summed E-state index contributed by atoms with van der Waals surface area (Å²) < 4.78 is 2.07. The van der Waals surface area contributed by atoms with Crippen LogP contribution in [0.25, 0.3) is 0 Å². The fourth-order valence-electron chi connectivity index (χ4n) is 2.05. The molecule has 1 aromatic heterocycles. The van der Waals surface area contributed by atoms with Crippen LogP contribution in [-0.4, -0.2) is 33.3 Å². The predicted octanol–water partition coefficient (Wildman–Crippen LogP) is 2.36. The number of amidine groups is 1. The highest BCUT2D eigenvalue weighted by Gasteiger charge is 2.12. The summed E-state index contributed by atoms with van der Waals surface area (Å²) in [4.78, 5) is 4.61. The van der Waals surface area contributed by atoms with Gasteiger partial charge in [-0.25, -0.2) is 0 Å². The van der Waals surface area contributed by atoms with Crippen molar-refractivity contribution in [2.45, 2.75) is 46.2 Å². The van der Waals surface area contributed by atoms with E-state index in [1.165, 1.54) is 17.9 Å². The molecule has 18 heavy (non-hydrogen) atoms. The van der Waals surface area contributed by atoms with Crippen molar-refractivity contribution in [3.05, 3.63) is 17.5 Å². The minimum atomic E-state index is 0.570. The number of thioether (sulfide) groups is 1. The minimum absolute atomic E-state index is 0.570. The summed E-state index contributed by atoms with van der Waals surface area (Å²) in [6.07, 6.45) is 2.28. The van der Waals surface area contributed by atoms with Gasteiger partial charge in [-0.3, -0.25) is 9.67 Å². The van der Waals surface area contributed by atoms with Crippen molar-refractivity contribution >= 4 is 16.9 Å². The molecule has 2 rings (SSSR count). The van der Waals surface area contributed by atoms with Crippen molar-refractivity contribution in [2.75, 3.05) is 12.3 Å². The predicted molar refractivity (Wildman–Crippen MR) is 78.3 cm³/mol. The van der Waals surface area contributed by atoms with Gasteiger partial charge in [-0.2, -0.15) is 5.10 Å². The van der Waals surface area contributed by atoms with E-state index < -0.39 is 0 Å². The first-order chi connectivity index (χ1) is 8.65. The Bertz CT molecular complexity index is 425. The van der Waals surface area contributed by atoms with Crippen LogP contribution < -0.4 is 5.32 Å². The summed E-state index contributed by atoms with van der Waals surface area (Å²) in [7, 11) is 0. The van der Waals surface area contributed by atoms with Crippen LogP contribution in [0.4, 0.5) is 0 Å². The molecular formula is C13H22N4S. The van der Waals surface area contributed by atoms with Gasteiger partial charge < -0.3 is 5.32 Å². The Labute approximate surface area is 113 Å². The van der Waals surface area contributed by atoms with Gasteiger partial charge in [0.2, 0.25) is 0 Å². The fourth-order valence-corrected chi connectivity index (χ4v) is 3.18. The number of hydrogen-bond acceptors (Lipinski definition) is 3. The molecule has 0 spiro atoms. The topological polar surface area (TPSA) is 42.2 Å². The van der Waals surface area contributed by atoms with Gasteiger partial charge in [0, 0.05) is 30.6 Å². The van der Waals surface area contributed by atoms with Gasteiger partial charge in [-0.1, -0.05) is 11.8 Å². The van der Waals surface area contributed by atoms with E-state index in [9.17, 15) is 0 Å². The summed E-state index contributed by atoms with van der Waals surface area (Å²) in [6.45, 7) is 8.18. The van der Waals surface area contributed by atoms with Crippen molar-refractivity contribution < 1.29 is 0 Å². The second-order valence-corrected chi connectivity index (χ2v) is 5.96. The molecule has 1 N–H and O–H groups in total. The van der Waals surface area contributed by atoms with Crippen LogP contribution in [0.1, 0.15) is 31.2 Å². The molecule has 1 atom stereocenters. The van der Waals surface area contributed by atoms with E-state index in [-0.39, 0.29) is 0 Å². The lowest BCUT2D eigenvalue weighted by Crippen LogP contribution is -2.35. The summed E-state index contributed by atoms with van der Waals surface area (Å²) >= 11 is 1.84. The zero-order chi connectivity index (χ0) is 13.0. The fraction of sp³-hybridized carbons (Fsp3) is 0.692. The van der Waals surface area contributed by atoms with Crippen LogP contribution in [-0.2, 0) is 6.54 Å². The van der Waals surface area contributed by atoms with Crippen molar-refractivity contribution in [1.29, 1.82) is 0 Å². The standard InChI is InChI=1S/C13H22N4S/c1-10-5-8-18-13(15-10)14-6-4-7-17-12(3)9-11(2)16-17/h9-10H,4-8H2,1-3H3,(H,14,15). The summed E-state index contributed by atoms with van der Waals surface area (Å²) in [5, 5.41) is 8.99. The Morgan fingerprint density at radius 1 is 1.56 bits per heavy atom. The summed E-state index contributed by atoms with van der Waals surface area (Å²) in [6, 6.07) is 2.69. The molecule has 100 valence electrons. The first-order valence-electron chi connectivity index (χ1n) is 6.60. The van der Waals surface area contributed by atoms with E-state index in [0.717, 1.165) is 30.4 Å². The van der Waals surface area contributed by atoms with E-state index in [4.69, 9.17) is 0 Å². The van der Waals surface area contributed by atoms with Crippen LogP contribution in [0.2, 0.25) is 0 Å². The molecule has 0 aromatic carbocycles. The highest BCUT2D eigenvalue weighted by atomic mass is 32.2. The molecule has 0 radical (unpaired) electrons. The monoisotopic (exact) mass is 266 g/mol. The molecular weight excluding hydrogens is 244 g/mol. The number of aliphatic imine (C=N–C) groups is 1. The maximum Gasteiger partial charge on any atom is 0.156 e. The molecule has 1 aliphatic rings. The van der Waals surface area contributed by atoms with Crippen LogP contribution in [0, 0.1) is 13.8 Å². The van der Waals surface area contributed by atoms with E-state index >= 15 is 0 Å². The quantitative estimate of drug-likeness (QED) is 0.851. The maximum atomic E-state index is 4.61. The highest BCUT2D eigenvalue weighted by molar-refractivity contribution is 8.13. The van der Waals surface area contributed by atoms with E-state index in [1.807, 2.05) is 18.7 Å². The Hall–Kier alpha value is -0.970. The molecule has 1 aliphatic heterocycles. The van der Waals surface area contributed by atoms with Gasteiger partial charge >= 0.3 is 0 Å². The lowest BCUT2D eigenvalue weighted by molar-refractivity contribution is 0.567. The Morgan fingerprint density at radius 3 is 3.06 bits per heavy atom. The van der Waals surface area contributed by atoms with Crippen LogP contribution in [0.15, 0.2) is 11.1 Å². The van der Waals surface area contributed by atoms with Crippen LogP contribution >= 0.6 is 11.8 Å². The first kappa shape index (κ1) is 13.5. The van der Waals surface area contributed by atoms with Crippen molar-refractivity contribution in [2.24, 2.45) is 4.99 Å². The summed E-state index contributed by atoms with van der Waals surface area (Å²) in [5.41, 5.74) is 2.33. The third-order valence-corrected chi connectivity index (χ3v) is 4.01. The second-order valence-electron chi connectivity index (χ2n) is 4.87. The van der Waals surface area contributed by atoms with Gasteiger partial charge in [0.05, 0.1) is 5.69 Å². The third-order valence-electron chi connectivity index (χ3n) is 3.05. The lowest BCUT2D eigenvalue weighted by Gasteiger charge is -2.21. The third kappa shape index (κ3) is 3.77. The van der Waals surface area contributed by atoms with Gasteiger partial charge in [0.25, 0.3) is 0 Å². The number of aromatic nitrogens is 2. The molecule has 0 aliphatic carbocycles. The molecule has 0 amide bonds. The molecule has 1 aromatic rings. The average Bonchev–Trinajstić information content (AvgIpc) is 2.64. The SMILES string of the molecule is Cc1cc(C)n(CCCN=C2NC(C)CCS2)n1. The molecule has 2 heterocycles. The Balaban J connectivity index is 1.75. The molecule has 0 saturated carbocycles. The largest absolute Gasteiger partial charge is 0.362 e. The number of nitrogens with zero attached hydrogens (tertiary/aromatic N) is 3. The number of aryl methyl sites for hydroxylation is 3. The van der Waals surface area contributed by atoms with Crippen molar-refractivity contribution in [3.8, 4) is 0 Å². The summed E-state index contributed by atoms with van der Waals surface area (Å²) in [5.74, 6) is 1.18. The zero-order valence-corrected chi connectivity index (χ0v) is 12.3. The molecule has 1 saturated heterocycles. The second kappa shape index (κ2) is 6.27. The lowest BCUT2D eigenvalue weighted by atomic mass is 10.3. The van der Waals surface area contributed by atoms with Gasteiger partial charge in [-0.05, 0) is 39.7 Å². The van der Waals surface area contributed by atoms with Crippen molar-refractivity contribution in [3.63, 3.8) is 0 Å². The number of hydrogen-bond donors (Lipinski definition) is 1. The Kier molecular flexibility index (Phi) is 4.69. The Morgan fingerprint density at radius 2 is 2.39 bits per heavy atom. The van der Waals surface area contributed by atoms with Crippen molar-refractivity contribution in [1.82, 2.24) is 15.1 Å². The van der Waals surface area contributed by atoms with E-state index in [1.54, 1.807) is 0 Å². The van der Waals surface area contributed by atoms with Gasteiger partial charge in [-0.15, -0.1) is 0 Å². The zero-order valence-electron chi connectivity index (χ0n) is 11.4. The minimum Gasteiger partial charge on any atom is -0.362 e. The molecule has 0 bridgehead atoms. The smallest absolute Gasteiger partial charge is 0.156 e. The normalized spacial score (nSPS) is 22.2.